The summed E-state index contributed by atoms with van der Waals surface area (Å²) in [6.45, 7) is 6.16. The van der Waals surface area contributed by atoms with Crippen LogP contribution in [0.3, 0.4) is 0 Å². The lowest BCUT2D eigenvalue weighted by Gasteiger charge is -2.04. The van der Waals surface area contributed by atoms with Crippen LogP contribution in [-0.2, 0) is 0 Å². The van der Waals surface area contributed by atoms with E-state index in [1.807, 2.05) is 18.2 Å². The number of rotatable bonds is 6. The first-order valence-corrected chi connectivity index (χ1v) is 7.81. The van der Waals surface area contributed by atoms with Crippen LogP contribution in [0.15, 0.2) is 42.0 Å². The Morgan fingerprint density at radius 2 is 2.00 bits per heavy atom. The molecule has 2 rings (SSSR count). The molecule has 0 atom stereocenters. The Hall–Kier alpha value is -1.45. The van der Waals surface area contributed by atoms with Crippen LogP contribution in [0.2, 0.25) is 0 Å². The molecule has 0 saturated carbocycles. The Labute approximate surface area is 124 Å². The Morgan fingerprint density at radius 1 is 1.20 bits per heavy atom. The summed E-state index contributed by atoms with van der Waals surface area (Å²) in [5.74, 6) is -0.159. The zero-order chi connectivity index (χ0) is 14.4. The molecule has 1 nitrogen and oxygen atoms in total. The van der Waals surface area contributed by atoms with Crippen molar-refractivity contribution in [1.29, 1.82) is 0 Å². The molecular weight excluding hydrogens is 269 g/mol. The van der Waals surface area contributed by atoms with Crippen LogP contribution in [0.5, 0.6) is 0 Å². The standard InChI is InChI=1S/C17H20FNS/c1-3-13(12-19-4-2)11-14-9-10-17(20-14)15-7-5-6-8-16(15)18/h5-11,19H,3-4,12H2,1-2H3. The smallest absolute Gasteiger partial charge is 0.131 e. The zero-order valence-corrected chi connectivity index (χ0v) is 12.8. The van der Waals surface area contributed by atoms with Crippen molar-refractivity contribution < 1.29 is 4.39 Å². The second kappa shape index (κ2) is 7.36. The van der Waals surface area contributed by atoms with Gasteiger partial charge < -0.3 is 5.32 Å². The van der Waals surface area contributed by atoms with Crippen molar-refractivity contribution in [3.05, 3.63) is 52.7 Å². The number of hydrogen-bond acceptors (Lipinski definition) is 2. The average Bonchev–Trinajstić information content (AvgIpc) is 2.92. The summed E-state index contributed by atoms with van der Waals surface area (Å²) in [6, 6.07) is 11.0. The van der Waals surface area contributed by atoms with E-state index in [0.29, 0.717) is 5.56 Å². The Bertz CT molecular complexity index is 586. The highest BCUT2D eigenvalue weighted by atomic mass is 32.1. The van der Waals surface area contributed by atoms with E-state index in [2.05, 4.69) is 31.3 Å². The maximum atomic E-state index is 13.8. The predicted octanol–water partition coefficient (Wildman–Crippen LogP) is 4.96. The Balaban J connectivity index is 2.20. The van der Waals surface area contributed by atoms with Crippen molar-refractivity contribution in [3.63, 3.8) is 0 Å². The number of halogens is 1. The summed E-state index contributed by atoms with van der Waals surface area (Å²) in [5, 5.41) is 3.34. The molecule has 0 unspecified atom stereocenters. The second-order valence-corrected chi connectivity index (χ2v) is 5.73. The molecule has 1 heterocycles. The predicted molar refractivity (Wildman–Crippen MR) is 86.5 cm³/mol. The van der Waals surface area contributed by atoms with Gasteiger partial charge in [0.15, 0.2) is 0 Å². The first-order chi connectivity index (χ1) is 9.74. The zero-order valence-electron chi connectivity index (χ0n) is 11.9. The van der Waals surface area contributed by atoms with Crippen LogP contribution in [0.1, 0.15) is 25.1 Å². The van der Waals surface area contributed by atoms with Gasteiger partial charge in [-0.15, -0.1) is 11.3 Å². The molecule has 20 heavy (non-hydrogen) atoms. The first-order valence-electron chi connectivity index (χ1n) is 6.99. The average molecular weight is 289 g/mol. The fourth-order valence-corrected chi connectivity index (χ4v) is 3.03. The van der Waals surface area contributed by atoms with Crippen LogP contribution in [0, 0.1) is 5.82 Å². The number of likely N-dealkylation sites (N-methyl/N-ethyl adjacent to an activating group) is 1. The van der Waals surface area contributed by atoms with Gasteiger partial charge in [0.2, 0.25) is 0 Å². The monoisotopic (exact) mass is 289 g/mol. The minimum atomic E-state index is -0.159. The summed E-state index contributed by atoms with van der Waals surface area (Å²) < 4.78 is 13.8. The minimum absolute atomic E-state index is 0.159. The summed E-state index contributed by atoms with van der Waals surface area (Å²) in [6.07, 6.45) is 3.23. The highest BCUT2D eigenvalue weighted by Gasteiger charge is 2.06. The normalized spacial score (nSPS) is 11.8. The van der Waals surface area contributed by atoms with Crippen LogP contribution in [-0.4, -0.2) is 13.1 Å². The van der Waals surface area contributed by atoms with Gasteiger partial charge in [-0.25, -0.2) is 4.39 Å². The molecule has 0 saturated heterocycles. The van der Waals surface area contributed by atoms with E-state index in [9.17, 15) is 4.39 Å². The third-order valence-corrected chi connectivity index (χ3v) is 4.23. The maximum Gasteiger partial charge on any atom is 0.131 e. The van der Waals surface area contributed by atoms with Crippen LogP contribution < -0.4 is 5.32 Å². The molecule has 3 heteroatoms. The summed E-state index contributed by atoms with van der Waals surface area (Å²) in [5.41, 5.74) is 2.05. The summed E-state index contributed by atoms with van der Waals surface area (Å²) in [4.78, 5) is 2.16. The van der Waals surface area contributed by atoms with Gasteiger partial charge in [-0.3, -0.25) is 0 Å². The lowest BCUT2D eigenvalue weighted by atomic mass is 10.1. The van der Waals surface area contributed by atoms with Gasteiger partial charge in [0.05, 0.1) is 0 Å². The van der Waals surface area contributed by atoms with Crippen molar-refractivity contribution in [2.45, 2.75) is 20.3 Å². The number of benzene rings is 1. The highest BCUT2D eigenvalue weighted by molar-refractivity contribution is 7.16. The van der Waals surface area contributed by atoms with E-state index in [1.54, 1.807) is 17.4 Å². The molecule has 1 aromatic carbocycles. The van der Waals surface area contributed by atoms with Crippen LogP contribution in [0.4, 0.5) is 4.39 Å². The Kier molecular flexibility index (Phi) is 5.50. The Morgan fingerprint density at radius 3 is 2.70 bits per heavy atom. The van der Waals surface area contributed by atoms with Crippen LogP contribution >= 0.6 is 11.3 Å². The molecule has 1 aromatic heterocycles. The van der Waals surface area contributed by atoms with E-state index in [4.69, 9.17) is 0 Å². The van der Waals surface area contributed by atoms with Gasteiger partial charge in [0.25, 0.3) is 0 Å². The van der Waals surface area contributed by atoms with Crippen molar-refractivity contribution in [3.8, 4) is 10.4 Å². The molecule has 0 amide bonds. The fourth-order valence-electron chi connectivity index (χ4n) is 2.00. The van der Waals surface area contributed by atoms with Crippen molar-refractivity contribution in [2.24, 2.45) is 0 Å². The minimum Gasteiger partial charge on any atom is -0.313 e. The summed E-state index contributed by atoms with van der Waals surface area (Å²) >= 11 is 1.63. The van der Waals surface area contributed by atoms with Gasteiger partial charge in [-0.05, 0) is 37.2 Å². The number of nitrogens with one attached hydrogen (secondary N) is 1. The number of hydrogen-bond donors (Lipinski definition) is 1. The van der Waals surface area contributed by atoms with Crippen LogP contribution in [0.25, 0.3) is 16.5 Å². The maximum absolute atomic E-state index is 13.8. The molecule has 0 aliphatic rings. The molecule has 0 radical (unpaired) electrons. The van der Waals surface area contributed by atoms with E-state index < -0.39 is 0 Å². The topological polar surface area (TPSA) is 12.0 Å². The fraction of sp³-hybridized carbons (Fsp3) is 0.294. The lowest BCUT2D eigenvalue weighted by Crippen LogP contribution is -2.15. The van der Waals surface area contributed by atoms with Gasteiger partial charge >= 0.3 is 0 Å². The van der Waals surface area contributed by atoms with E-state index >= 15 is 0 Å². The molecule has 0 aliphatic heterocycles. The molecule has 0 spiro atoms. The van der Waals surface area contributed by atoms with Crippen molar-refractivity contribution >= 4 is 17.4 Å². The number of thiophene rings is 1. The third-order valence-electron chi connectivity index (χ3n) is 3.17. The summed E-state index contributed by atoms with van der Waals surface area (Å²) in [7, 11) is 0. The quantitative estimate of drug-likeness (QED) is 0.792. The molecule has 0 aliphatic carbocycles. The largest absolute Gasteiger partial charge is 0.313 e. The molecule has 0 bridgehead atoms. The molecule has 106 valence electrons. The van der Waals surface area contributed by atoms with Gasteiger partial charge in [-0.1, -0.05) is 37.6 Å². The first kappa shape index (κ1) is 14.9. The second-order valence-electron chi connectivity index (χ2n) is 4.62. The molecule has 1 N–H and O–H groups in total. The van der Waals surface area contributed by atoms with Gasteiger partial charge in [-0.2, -0.15) is 0 Å². The van der Waals surface area contributed by atoms with Gasteiger partial charge in [0.1, 0.15) is 5.82 Å². The molecular formula is C17H20FNS. The molecule has 2 aromatic rings. The van der Waals surface area contributed by atoms with E-state index in [-0.39, 0.29) is 5.82 Å². The van der Waals surface area contributed by atoms with Crippen molar-refractivity contribution in [2.75, 3.05) is 13.1 Å². The highest BCUT2D eigenvalue weighted by Crippen LogP contribution is 2.31. The van der Waals surface area contributed by atoms with Crippen molar-refractivity contribution in [1.82, 2.24) is 5.32 Å². The third kappa shape index (κ3) is 3.78. The SMILES string of the molecule is CCNCC(=Cc1ccc(-c2ccccc2F)s1)CC. The molecule has 0 fully saturated rings. The van der Waals surface area contributed by atoms with E-state index in [0.717, 1.165) is 24.4 Å². The lowest BCUT2D eigenvalue weighted by molar-refractivity contribution is 0.631. The van der Waals surface area contributed by atoms with Gasteiger partial charge in [0, 0.05) is 21.9 Å². The van der Waals surface area contributed by atoms with E-state index in [1.165, 1.54) is 16.5 Å².